The van der Waals surface area contributed by atoms with Gasteiger partial charge in [0.15, 0.2) is 0 Å². The van der Waals surface area contributed by atoms with Crippen LogP contribution < -0.4 is 5.32 Å². The summed E-state index contributed by atoms with van der Waals surface area (Å²) in [5.41, 5.74) is -0.658. The number of likely N-dealkylation sites (N-methyl/N-ethyl adjacent to an activating group) is 1. The number of methoxy groups -OCH3 is 2. The molecule has 1 N–H and O–H groups in total. The van der Waals surface area contributed by atoms with Crippen LogP contribution in [0.4, 0.5) is 0 Å². The number of ether oxygens (including phenoxy) is 2. The van der Waals surface area contributed by atoms with Gasteiger partial charge in [-0.05, 0) is 26.4 Å². The second-order valence-electron chi connectivity index (χ2n) is 4.61. The SMILES string of the molecule is CCCNC(C)(CN(CC)CCOC)C(=O)OC. The van der Waals surface area contributed by atoms with E-state index in [1.807, 2.05) is 6.92 Å². The number of hydrogen-bond donors (Lipinski definition) is 1. The van der Waals surface area contributed by atoms with Gasteiger partial charge in [0.2, 0.25) is 0 Å². The van der Waals surface area contributed by atoms with Crippen molar-refractivity contribution >= 4 is 5.97 Å². The molecule has 0 aromatic carbocycles. The Kier molecular flexibility index (Phi) is 8.97. The lowest BCUT2D eigenvalue weighted by atomic mass is 10.0. The lowest BCUT2D eigenvalue weighted by Gasteiger charge is -2.33. The average molecular weight is 260 g/mol. The summed E-state index contributed by atoms with van der Waals surface area (Å²) < 4.78 is 9.98. The lowest BCUT2D eigenvalue weighted by molar-refractivity contribution is -0.148. The molecule has 5 heteroatoms. The van der Waals surface area contributed by atoms with E-state index in [9.17, 15) is 4.79 Å². The second kappa shape index (κ2) is 9.30. The van der Waals surface area contributed by atoms with Gasteiger partial charge in [0.1, 0.15) is 5.54 Å². The molecule has 108 valence electrons. The molecule has 0 saturated carbocycles. The summed E-state index contributed by atoms with van der Waals surface area (Å²) in [6, 6.07) is 0. The largest absolute Gasteiger partial charge is 0.468 e. The molecule has 0 rings (SSSR count). The standard InChI is InChI=1S/C13H28N2O3/c1-6-8-14-13(3,12(16)18-5)11-15(7-2)9-10-17-4/h14H,6-11H2,1-5H3. The van der Waals surface area contributed by atoms with Crippen LogP contribution in [0, 0.1) is 0 Å². The molecule has 0 aromatic rings. The lowest BCUT2D eigenvalue weighted by Crippen LogP contribution is -2.57. The maximum absolute atomic E-state index is 11.9. The van der Waals surface area contributed by atoms with Gasteiger partial charge in [-0.3, -0.25) is 9.69 Å². The quantitative estimate of drug-likeness (QED) is 0.591. The molecule has 0 saturated heterocycles. The summed E-state index contributed by atoms with van der Waals surface area (Å²) in [4.78, 5) is 14.1. The van der Waals surface area contributed by atoms with Gasteiger partial charge in [-0.25, -0.2) is 0 Å². The maximum Gasteiger partial charge on any atom is 0.327 e. The van der Waals surface area contributed by atoms with Crippen molar-refractivity contribution in [1.82, 2.24) is 10.2 Å². The van der Waals surface area contributed by atoms with Gasteiger partial charge >= 0.3 is 5.97 Å². The molecule has 0 aliphatic rings. The Balaban J connectivity index is 4.58. The highest BCUT2D eigenvalue weighted by Gasteiger charge is 2.35. The molecule has 0 aliphatic heterocycles. The van der Waals surface area contributed by atoms with Gasteiger partial charge in [-0.2, -0.15) is 0 Å². The Labute approximate surface area is 111 Å². The molecule has 5 nitrogen and oxygen atoms in total. The summed E-state index contributed by atoms with van der Waals surface area (Å²) in [7, 11) is 3.11. The molecule has 1 unspecified atom stereocenters. The molecule has 18 heavy (non-hydrogen) atoms. The fraction of sp³-hybridized carbons (Fsp3) is 0.923. The van der Waals surface area contributed by atoms with Gasteiger partial charge in [0.05, 0.1) is 13.7 Å². The molecule has 0 fully saturated rings. The highest BCUT2D eigenvalue weighted by Crippen LogP contribution is 2.09. The predicted octanol–water partition coefficient (Wildman–Crippen LogP) is 0.886. The zero-order valence-electron chi connectivity index (χ0n) is 12.4. The molecule has 0 radical (unpaired) electrons. The van der Waals surface area contributed by atoms with Crippen molar-refractivity contribution in [2.45, 2.75) is 32.7 Å². The summed E-state index contributed by atoms with van der Waals surface area (Å²) in [5.74, 6) is -0.216. The minimum atomic E-state index is -0.658. The van der Waals surface area contributed by atoms with Crippen molar-refractivity contribution in [3.8, 4) is 0 Å². The van der Waals surface area contributed by atoms with E-state index < -0.39 is 5.54 Å². The van der Waals surface area contributed by atoms with Crippen LogP contribution in [0.25, 0.3) is 0 Å². The monoisotopic (exact) mass is 260 g/mol. The molecule has 0 bridgehead atoms. The minimum absolute atomic E-state index is 0.216. The molecule has 0 aromatic heterocycles. The molecule has 0 amide bonds. The first kappa shape index (κ1) is 17.4. The zero-order valence-corrected chi connectivity index (χ0v) is 12.4. The van der Waals surface area contributed by atoms with Gasteiger partial charge in [0.25, 0.3) is 0 Å². The smallest absolute Gasteiger partial charge is 0.327 e. The highest BCUT2D eigenvalue weighted by atomic mass is 16.5. The van der Waals surface area contributed by atoms with Crippen LogP contribution in [-0.2, 0) is 14.3 Å². The van der Waals surface area contributed by atoms with E-state index in [1.165, 1.54) is 7.11 Å². The number of rotatable bonds is 10. The number of esters is 1. The van der Waals surface area contributed by atoms with Gasteiger partial charge in [-0.15, -0.1) is 0 Å². The third-order valence-corrected chi connectivity index (χ3v) is 3.00. The number of carbonyl (C=O) groups is 1. The first-order valence-electron chi connectivity index (χ1n) is 6.58. The molecule has 0 aliphatic carbocycles. The summed E-state index contributed by atoms with van der Waals surface area (Å²) in [5, 5.41) is 3.28. The molecule has 0 spiro atoms. The van der Waals surface area contributed by atoms with E-state index in [1.54, 1.807) is 7.11 Å². The van der Waals surface area contributed by atoms with Gasteiger partial charge in [0, 0.05) is 20.2 Å². The van der Waals surface area contributed by atoms with Crippen molar-refractivity contribution in [1.29, 1.82) is 0 Å². The Hall–Kier alpha value is -0.650. The van der Waals surface area contributed by atoms with Gasteiger partial charge in [-0.1, -0.05) is 13.8 Å². The van der Waals surface area contributed by atoms with E-state index in [0.717, 1.165) is 26.1 Å². The minimum Gasteiger partial charge on any atom is -0.468 e. The van der Waals surface area contributed by atoms with Crippen molar-refractivity contribution < 1.29 is 14.3 Å². The normalized spacial score (nSPS) is 14.6. The van der Waals surface area contributed by atoms with Crippen LogP contribution in [0.5, 0.6) is 0 Å². The fourth-order valence-electron chi connectivity index (χ4n) is 1.84. The molecule has 0 heterocycles. The van der Waals surface area contributed by atoms with Crippen molar-refractivity contribution in [2.75, 3.05) is 47.0 Å². The van der Waals surface area contributed by atoms with Crippen LogP contribution >= 0.6 is 0 Å². The Morgan fingerprint density at radius 2 is 2.00 bits per heavy atom. The molecular weight excluding hydrogens is 232 g/mol. The Morgan fingerprint density at radius 1 is 1.33 bits per heavy atom. The van der Waals surface area contributed by atoms with Gasteiger partial charge < -0.3 is 14.8 Å². The fourth-order valence-corrected chi connectivity index (χ4v) is 1.84. The van der Waals surface area contributed by atoms with Crippen molar-refractivity contribution in [2.24, 2.45) is 0 Å². The van der Waals surface area contributed by atoms with E-state index in [0.29, 0.717) is 13.2 Å². The van der Waals surface area contributed by atoms with E-state index in [4.69, 9.17) is 9.47 Å². The van der Waals surface area contributed by atoms with E-state index in [2.05, 4.69) is 24.1 Å². The third kappa shape index (κ3) is 5.80. The van der Waals surface area contributed by atoms with Crippen LogP contribution in [0.3, 0.4) is 0 Å². The van der Waals surface area contributed by atoms with Crippen LogP contribution in [0.15, 0.2) is 0 Å². The Bertz CT molecular complexity index is 236. The zero-order chi connectivity index (χ0) is 14.0. The maximum atomic E-state index is 11.9. The number of nitrogens with one attached hydrogen (secondary N) is 1. The molecule has 1 atom stereocenters. The topological polar surface area (TPSA) is 50.8 Å². The van der Waals surface area contributed by atoms with Crippen LogP contribution in [0.2, 0.25) is 0 Å². The van der Waals surface area contributed by atoms with E-state index >= 15 is 0 Å². The predicted molar refractivity (Wildman–Crippen MR) is 72.7 cm³/mol. The number of carbonyl (C=O) groups excluding carboxylic acids is 1. The highest BCUT2D eigenvalue weighted by molar-refractivity contribution is 5.80. The summed E-state index contributed by atoms with van der Waals surface area (Å²) in [6.45, 7) is 9.83. The van der Waals surface area contributed by atoms with E-state index in [-0.39, 0.29) is 5.97 Å². The third-order valence-electron chi connectivity index (χ3n) is 3.00. The van der Waals surface area contributed by atoms with Crippen LogP contribution in [-0.4, -0.2) is 63.4 Å². The van der Waals surface area contributed by atoms with Crippen molar-refractivity contribution in [3.05, 3.63) is 0 Å². The number of hydrogen-bond acceptors (Lipinski definition) is 5. The van der Waals surface area contributed by atoms with Crippen molar-refractivity contribution in [3.63, 3.8) is 0 Å². The summed E-state index contributed by atoms with van der Waals surface area (Å²) in [6.07, 6.45) is 0.983. The molecular formula is C13H28N2O3. The first-order chi connectivity index (χ1) is 8.53. The van der Waals surface area contributed by atoms with Crippen LogP contribution in [0.1, 0.15) is 27.2 Å². The average Bonchev–Trinajstić information content (AvgIpc) is 2.40. The number of nitrogens with zero attached hydrogens (tertiary/aromatic N) is 1. The second-order valence-corrected chi connectivity index (χ2v) is 4.61. The summed E-state index contributed by atoms with van der Waals surface area (Å²) >= 11 is 0. The first-order valence-corrected chi connectivity index (χ1v) is 6.58. The Morgan fingerprint density at radius 3 is 2.44 bits per heavy atom.